The first-order valence-corrected chi connectivity index (χ1v) is 6.93. The van der Waals surface area contributed by atoms with Crippen LogP contribution in [-0.2, 0) is 22.7 Å². The molecule has 1 aliphatic rings. The van der Waals surface area contributed by atoms with Crippen LogP contribution in [0.3, 0.4) is 0 Å². The highest BCUT2D eigenvalue weighted by Crippen LogP contribution is 2.24. The highest BCUT2D eigenvalue weighted by Gasteiger charge is 2.21. The quantitative estimate of drug-likeness (QED) is 0.911. The van der Waals surface area contributed by atoms with Crippen LogP contribution in [0.5, 0.6) is 0 Å². The van der Waals surface area contributed by atoms with Gasteiger partial charge in [0.05, 0.1) is 30.2 Å². The third-order valence-electron chi connectivity index (χ3n) is 3.11. The second kappa shape index (κ2) is 6.03. The Kier molecular flexibility index (Phi) is 4.60. The largest absolute Gasteiger partial charge is 0.390 e. The maximum absolute atomic E-state index is 9.43. The van der Waals surface area contributed by atoms with Crippen LogP contribution in [0, 0.1) is 0 Å². The number of hydrogen-bond donors (Lipinski definition) is 1. The van der Waals surface area contributed by atoms with Gasteiger partial charge in [0.15, 0.2) is 6.23 Å². The molecule has 1 aliphatic heterocycles. The van der Waals surface area contributed by atoms with Crippen molar-refractivity contribution in [1.29, 1.82) is 0 Å². The summed E-state index contributed by atoms with van der Waals surface area (Å²) in [5, 5.41) is 13.9. The highest BCUT2D eigenvalue weighted by molar-refractivity contribution is 5.09. The molecule has 1 fully saturated rings. The minimum atomic E-state index is -0.190. The number of ether oxygens (including phenoxy) is 2. The molecule has 0 aliphatic carbocycles. The Morgan fingerprint density at radius 2 is 2.26 bits per heavy atom. The molecule has 0 spiro atoms. The van der Waals surface area contributed by atoms with Crippen LogP contribution in [0.25, 0.3) is 0 Å². The monoisotopic (exact) mass is 268 g/mol. The van der Waals surface area contributed by atoms with Gasteiger partial charge in [0.1, 0.15) is 0 Å². The van der Waals surface area contributed by atoms with E-state index in [9.17, 15) is 5.11 Å². The van der Waals surface area contributed by atoms with Crippen molar-refractivity contribution in [2.75, 3.05) is 6.61 Å². The summed E-state index contributed by atoms with van der Waals surface area (Å²) in [6.45, 7) is 7.24. The van der Waals surface area contributed by atoms with E-state index in [0.29, 0.717) is 6.61 Å². The van der Waals surface area contributed by atoms with E-state index < -0.39 is 0 Å². The molecule has 5 nitrogen and oxygen atoms in total. The maximum atomic E-state index is 9.43. The molecule has 5 heteroatoms. The van der Waals surface area contributed by atoms with Crippen LogP contribution < -0.4 is 0 Å². The summed E-state index contributed by atoms with van der Waals surface area (Å²) in [4.78, 5) is 0. The lowest BCUT2D eigenvalue weighted by atomic mass is 10.2. The standard InChI is InChI=1S/C14H24N2O3/c1-14(2,3)19-10-11-8-12(9-17)16(15-11)13-6-4-5-7-18-13/h8,13,17H,4-7,9-10H2,1-3H3. The minimum Gasteiger partial charge on any atom is -0.390 e. The molecule has 1 atom stereocenters. The van der Waals surface area contributed by atoms with Gasteiger partial charge < -0.3 is 14.6 Å². The Morgan fingerprint density at radius 3 is 2.84 bits per heavy atom. The third-order valence-corrected chi connectivity index (χ3v) is 3.11. The summed E-state index contributed by atoms with van der Waals surface area (Å²) in [5.74, 6) is 0. The average Bonchev–Trinajstić information content (AvgIpc) is 2.80. The predicted octanol–water partition coefficient (Wildman–Crippen LogP) is 2.39. The van der Waals surface area contributed by atoms with Crippen LogP contribution >= 0.6 is 0 Å². The van der Waals surface area contributed by atoms with Gasteiger partial charge >= 0.3 is 0 Å². The van der Waals surface area contributed by atoms with Crippen LogP contribution in [-0.4, -0.2) is 27.1 Å². The van der Waals surface area contributed by atoms with Gasteiger partial charge in [0.2, 0.25) is 0 Å². The molecule has 1 saturated heterocycles. The number of hydrogen-bond acceptors (Lipinski definition) is 4. The van der Waals surface area contributed by atoms with E-state index in [4.69, 9.17) is 9.47 Å². The molecule has 0 aromatic carbocycles. The molecular weight excluding hydrogens is 244 g/mol. The second-order valence-corrected chi connectivity index (χ2v) is 5.95. The Morgan fingerprint density at radius 1 is 1.47 bits per heavy atom. The molecule has 2 rings (SSSR count). The van der Waals surface area contributed by atoms with Crippen molar-refractivity contribution in [3.05, 3.63) is 17.5 Å². The van der Waals surface area contributed by atoms with Crippen LogP contribution in [0.1, 0.15) is 57.6 Å². The van der Waals surface area contributed by atoms with Crippen molar-refractivity contribution in [2.24, 2.45) is 0 Å². The zero-order valence-corrected chi connectivity index (χ0v) is 12.1. The van der Waals surface area contributed by atoms with Crippen molar-refractivity contribution >= 4 is 0 Å². The van der Waals surface area contributed by atoms with E-state index in [-0.39, 0.29) is 18.4 Å². The fourth-order valence-electron chi connectivity index (χ4n) is 2.13. The summed E-state index contributed by atoms with van der Waals surface area (Å²) in [6.07, 6.45) is 3.16. The third kappa shape index (κ3) is 4.03. The molecule has 2 heterocycles. The summed E-state index contributed by atoms with van der Waals surface area (Å²) in [5.41, 5.74) is 1.44. The number of aliphatic hydroxyl groups is 1. The first kappa shape index (κ1) is 14.5. The molecular formula is C14H24N2O3. The van der Waals surface area contributed by atoms with Gasteiger partial charge in [-0.2, -0.15) is 5.10 Å². The second-order valence-electron chi connectivity index (χ2n) is 5.95. The first-order chi connectivity index (χ1) is 8.99. The number of aliphatic hydroxyl groups excluding tert-OH is 1. The Hall–Kier alpha value is -0.910. The lowest BCUT2D eigenvalue weighted by Crippen LogP contribution is -2.21. The normalized spacial score (nSPS) is 20.7. The van der Waals surface area contributed by atoms with E-state index in [1.165, 1.54) is 0 Å². The molecule has 1 unspecified atom stereocenters. The smallest absolute Gasteiger partial charge is 0.150 e. The fraction of sp³-hybridized carbons (Fsp3) is 0.786. The van der Waals surface area contributed by atoms with Crippen molar-refractivity contribution in [2.45, 2.75) is 65.1 Å². The van der Waals surface area contributed by atoms with Crippen molar-refractivity contribution in [1.82, 2.24) is 9.78 Å². The lowest BCUT2D eigenvalue weighted by Gasteiger charge is -2.24. The van der Waals surface area contributed by atoms with E-state index in [2.05, 4.69) is 5.10 Å². The molecule has 108 valence electrons. The van der Waals surface area contributed by atoms with Crippen molar-refractivity contribution in [3.63, 3.8) is 0 Å². The Bertz CT molecular complexity index is 403. The molecule has 0 bridgehead atoms. The van der Waals surface area contributed by atoms with Gasteiger partial charge in [-0.05, 0) is 46.1 Å². The highest BCUT2D eigenvalue weighted by atomic mass is 16.5. The zero-order chi connectivity index (χ0) is 13.9. The van der Waals surface area contributed by atoms with E-state index in [0.717, 1.165) is 37.3 Å². The molecule has 19 heavy (non-hydrogen) atoms. The van der Waals surface area contributed by atoms with Gasteiger partial charge in [0, 0.05) is 6.61 Å². The van der Waals surface area contributed by atoms with Crippen LogP contribution in [0.2, 0.25) is 0 Å². The molecule has 1 aromatic rings. The molecule has 1 aromatic heterocycles. The Balaban J connectivity index is 2.08. The molecule has 1 N–H and O–H groups in total. The summed E-state index contributed by atoms with van der Waals surface area (Å²) >= 11 is 0. The first-order valence-electron chi connectivity index (χ1n) is 6.93. The van der Waals surface area contributed by atoms with Crippen LogP contribution in [0.15, 0.2) is 6.07 Å². The van der Waals surface area contributed by atoms with Gasteiger partial charge in [-0.15, -0.1) is 0 Å². The molecule has 0 radical (unpaired) electrons. The van der Waals surface area contributed by atoms with Crippen LogP contribution in [0.4, 0.5) is 0 Å². The van der Waals surface area contributed by atoms with Gasteiger partial charge in [-0.1, -0.05) is 0 Å². The lowest BCUT2D eigenvalue weighted by molar-refractivity contribution is -0.0445. The minimum absolute atomic E-state index is 0.0254. The SMILES string of the molecule is CC(C)(C)OCc1cc(CO)n(C2CCCCO2)n1. The van der Waals surface area contributed by atoms with Crippen molar-refractivity contribution < 1.29 is 14.6 Å². The van der Waals surface area contributed by atoms with Gasteiger partial charge in [0.25, 0.3) is 0 Å². The van der Waals surface area contributed by atoms with Gasteiger partial charge in [-0.25, -0.2) is 4.68 Å². The maximum Gasteiger partial charge on any atom is 0.150 e. The molecule has 0 amide bonds. The Labute approximate surface area is 114 Å². The summed E-state index contributed by atoms with van der Waals surface area (Å²) in [6, 6.07) is 1.89. The number of rotatable bonds is 4. The zero-order valence-electron chi connectivity index (χ0n) is 12.1. The topological polar surface area (TPSA) is 56.5 Å². The number of aromatic nitrogens is 2. The summed E-state index contributed by atoms with van der Waals surface area (Å²) in [7, 11) is 0. The van der Waals surface area contributed by atoms with E-state index in [1.54, 1.807) is 4.68 Å². The fourth-order valence-corrected chi connectivity index (χ4v) is 2.13. The van der Waals surface area contributed by atoms with Gasteiger partial charge in [-0.3, -0.25) is 0 Å². The van der Waals surface area contributed by atoms with Crippen molar-refractivity contribution in [3.8, 4) is 0 Å². The van der Waals surface area contributed by atoms with E-state index >= 15 is 0 Å². The summed E-state index contributed by atoms with van der Waals surface area (Å²) < 4.78 is 13.2. The average molecular weight is 268 g/mol. The van der Waals surface area contributed by atoms with E-state index in [1.807, 2.05) is 26.8 Å². The number of nitrogens with zero attached hydrogens (tertiary/aromatic N) is 2. The molecule has 0 saturated carbocycles. The predicted molar refractivity (Wildman–Crippen MR) is 71.5 cm³/mol.